The van der Waals surface area contributed by atoms with E-state index in [-0.39, 0.29) is 18.4 Å². The summed E-state index contributed by atoms with van der Waals surface area (Å²) >= 11 is 0. The fourth-order valence-corrected chi connectivity index (χ4v) is 1.36. The van der Waals surface area contributed by atoms with E-state index in [0.29, 0.717) is 19.6 Å². The van der Waals surface area contributed by atoms with Crippen LogP contribution in [0.4, 0.5) is 0 Å². The van der Waals surface area contributed by atoms with Crippen LogP contribution in [0, 0.1) is 0 Å². The second-order valence-electron chi connectivity index (χ2n) is 4.76. The van der Waals surface area contributed by atoms with Crippen LogP contribution in [0.1, 0.15) is 33.6 Å². The van der Waals surface area contributed by atoms with Crippen molar-refractivity contribution in [3.05, 3.63) is 5.53 Å². The molecule has 0 spiro atoms. The molecule has 1 fully saturated rings. The number of hydrogen-bond donors (Lipinski definition) is 0. The molecule has 17 heavy (non-hydrogen) atoms. The van der Waals surface area contributed by atoms with Gasteiger partial charge in [-0.15, -0.1) is 0 Å². The van der Waals surface area contributed by atoms with Gasteiger partial charge in [0.1, 0.15) is 5.60 Å². The highest BCUT2D eigenvalue weighted by Crippen LogP contribution is 2.12. The lowest BCUT2D eigenvalue weighted by molar-refractivity contribution is -0.151. The lowest BCUT2D eigenvalue weighted by atomic mass is 10.1. The van der Waals surface area contributed by atoms with Crippen molar-refractivity contribution in [3.63, 3.8) is 0 Å². The molecule has 0 radical (unpaired) electrons. The maximum atomic E-state index is 11.6. The minimum absolute atomic E-state index is 0.0148. The molecule has 1 saturated heterocycles. The Labute approximate surface area is 100 Å². The second kappa shape index (κ2) is 5.91. The predicted octanol–water partition coefficient (Wildman–Crippen LogP) is 1.15. The quantitative estimate of drug-likeness (QED) is 0.320. The molecule has 0 aromatic carbocycles. The standard InChI is InChI=1S/C11H18N2O4/c1-11(2,3)17-10(14)8(13-12)4-5-9-15-6-7-16-9/h9H,4-7H2,1-3H3. The van der Waals surface area contributed by atoms with Gasteiger partial charge < -0.3 is 19.7 Å². The second-order valence-corrected chi connectivity index (χ2v) is 4.76. The third-order valence-corrected chi connectivity index (χ3v) is 2.06. The van der Waals surface area contributed by atoms with Crippen LogP contribution in [0.3, 0.4) is 0 Å². The predicted molar refractivity (Wildman–Crippen MR) is 59.4 cm³/mol. The van der Waals surface area contributed by atoms with Gasteiger partial charge in [0.05, 0.1) is 19.6 Å². The van der Waals surface area contributed by atoms with Crippen LogP contribution in [0.15, 0.2) is 0 Å². The number of carbonyl (C=O) groups is 1. The van der Waals surface area contributed by atoms with Crippen molar-refractivity contribution in [1.82, 2.24) is 0 Å². The molecular weight excluding hydrogens is 224 g/mol. The first-order valence-corrected chi connectivity index (χ1v) is 5.60. The zero-order valence-corrected chi connectivity index (χ0v) is 10.4. The molecule has 1 aliphatic heterocycles. The van der Waals surface area contributed by atoms with Gasteiger partial charge in [-0.2, -0.15) is 4.79 Å². The fraction of sp³-hybridized carbons (Fsp3) is 0.818. The largest absolute Gasteiger partial charge is 0.451 e. The van der Waals surface area contributed by atoms with Crippen LogP contribution < -0.4 is 0 Å². The summed E-state index contributed by atoms with van der Waals surface area (Å²) in [5.74, 6) is -0.613. The molecule has 6 nitrogen and oxygen atoms in total. The van der Waals surface area contributed by atoms with Crippen molar-refractivity contribution < 1.29 is 23.8 Å². The van der Waals surface area contributed by atoms with E-state index in [4.69, 9.17) is 19.7 Å². The van der Waals surface area contributed by atoms with E-state index < -0.39 is 11.6 Å². The Morgan fingerprint density at radius 1 is 1.41 bits per heavy atom. The summed E-state index contributed by atoms with van der Waals surface area (Å²) in [5, 5.41) is 0. The maximum absolute atomic E-state index is 11.6. The van der Waals surface area contributed by atoms with Gasteiger partial charge in [-0.25, -0.2) is 4.79 Å². The van der Waals surface area contributed by atoms with Gasteiger partial charge in [0, 0.05) is 6.42 Å². The third kappa shape index (κ3) is 5.08. The smallest absolute Gasteiger partial charge is 0.417 e. The maximum Gasteiger partial charge on any atom is 0.417 e. The Bertz CT molecular complexity index is 323. The number of ether oxygens (including phenoxy) is 3. The van der Waals surface area contributed by atoms with Crippen molar-refractivity contribution in [1.29, 1.82) is 0 Å². The van der Waals surface area contributed by atoms with Gasteiger partial charge in [-0.3, -0.25) is 0 Å². The molecule has 0 amide bonds. The average molecular weight is 242 g/mol. The molecule has 1 aliphatic rings. The highest BCUT2D eigenvalue weighted by molar-refractivity contribution is 6.33. The molecule has 0 unspecified atom stereocenters. The lowest BCUT2D eigenvalue weighted by Crippen LogP contribution is -2.30. The Morgan fingerprint density at radius 3 is 2.47 bits per heavy atom. The van der Waals surface area contributed by atoms with Crippen LogP contribution in [-0.2, 0) is 19.0 Å². The number of rotatable bonds is 4. The first-order valence-electron chi connectivity index (χ1n) is 5.60. The molecule has 0 saturated carbocycles. The van der Waals surface area contributed by atoms with Crippen LogP contribution >= 0.6 is 0 Å². The number of carbonyl (C=O) groups excluding carboxylic acids is 1. The number of hydrogen-bond acceptors (Lipinski definition) is 4. The normalized spacial score (nSPS) is 16.6. The van der Waals surface area contributed by atoms with E-state index in [1.807, 2.05) is 0 Å². The average Bonchev–Trinajstić information content (AvgIpc) is 2.68. The topological polar surface area (TPSA) is 81.2 Å². The Morgan fingerprint density at radius 2 is 2.00 bits per heavy atom. The van der Waals surface area contributed by atoms with Crippen LogP contribution in [0.25, 0.3) is 5.53 Å². The first kappa shape index (κ1) is 13.8. The summed E-state index contributed by atoms with van der Waals surface area (Å²) in [6.45, 7) is 6.38. The summed E-state index contributed by atoms with van der Waals surface area (Å²) in [5.41, 5.74) is 8.15. The zero-order chi connectivity index (χ0) is 12.9. The van der Waals surface area contributed by atoms with E-state index in [0.717, 1.165) is 0 Å². The zero-order valence-electron chi connectivity index (χ0n) is 10.4. The molecule has 0 aromatic heterocycles. The monoisotopic (exact) mass is 242 g/mol. The summed E-state index contributed by atoms with van der Waals surface area (Å²) in [6.07, 6.45) is 0.406. The minimum atomic E-state index is -0.613. The number of esters is 1. The minimum Gasteiger partial charge on any atom is -0.451 e. The van der Waals surface area contributed by atoms with E-state index in [1.54, 1.807) is 20.8 Å². The van der Waals surface area contributed by atoms with Crippen LogP contribution in [-0.4, -0.2) is 41.6 Å². The van der Waals surface area contributed by atoms with E-state index in [1.165, 1.54) is 0 Å². The SMILES string of the molecule is CC(C)(C)OC(=O)C(CCC1OCCO1)=[N+]=[N-]. The molecule has 0 N–H and O–H groups in total. The fourth-order valence-electron chi connectivity index (χ4n) is 1.36. The molecular formula is C11H18N2O4. The van der Waals surface area contributed by atoms with Gasteiger partial charge in [0.25, 0.3) is 0 Å². The highest BCUT2D eigenvalue weighted by atomic mass is 16.7. The molecule has 0 aliphatic carbocycles. The van der Waals surface area contributed by atoms with Gasteiger partial charge in [-0.05, 0) is 20.8 Å². The molecule has 1 heterocycles. The molecule has 0 atom stereocenters. The third-order valence-electron chi connectivity index (χ3n) is 2.06. The van der Waals surface area contributed by atoms with Crippen molar-refractivity contribution in [2.45, 2.75) is 45.5 Å². The van der Waals surface area contributed by atoms with Gasteiger partial charge in [0.15, 0.2) is 6.29 Å². The summed E-state index contributed by atoms with van der Waals surface area (Å²) in [7, 11) is 0. The van der Waals surface area contributed by atoms with Crippen molar-refractivity contribution in [2.24, 2.45) is 0 Å². The highest BCUT2D eigenvalue weighted by Gasteiger charge is 2.29. The summed E-state index contributed by atoms with van der Waals surface area (Å²) in [6, 6.07) is 0. The van der Waals surface area contributed by atoms with Crippen molar-refractivity contribution >= 4 is 11.7 Å². The molecule has 6 heteroatoms. The van der Waals surface area contributed by atoms with Crippen LogP contribution in [0.5, 0.6) is 0 Å². The summed E-state index contributed by atoms with van der Waals surface area (Å²) < 4.78 is 15.5. The van der Waals surface area contributed by atoms with Crippen molar-refractivity contribution in [2.75, 3.05) is 13.2 Å². The Balaban J connectivity index is 2.43. The van der Waals surface area contributed by atoms with E-state index >= 15 is 0 Å². The van der Waals surface area contributed by atoms with Gasteiger partial charge in [0.2, 0.25) is 0 Å². The molecule has 96 valence electrons. The van der Waals surface area contributed by atoms with Gasteiger partial charge in [-0.1, -0.05) is 0 Å². The Kier molecular flexibility index (Phi) is 4.81. The van der Waals surface area contributed by atoms with Gasteiger partial charge >= 0.3 is 11.7 Å². The summed E-state index contributed by atoms with van der Waals surface area (Å²) in [4.78, 5) is 14.6. The van der Waals surface area contributed by atoms with Crippen LogP contribution in [0.2, 0.25) is 0 Å². The van der Waals surface area contributed by atoms with E-state index in [9.17, 15) is 4.79 Å². The molecule has 0 aromatic rings. The Hall–Kier alpha value is -1.23. The lowest BCUT2D eigenvalue weighted by Gasteiger charge is -2.17. The number of nitrogens with zero attached hydrogens (tertiary/aromatic N) is 2. The first-order chi connectivity index (χ1) is 7.92. The van der Waals surface area contributed by atoms with Crippen molar-refractivity contribution in [3.8, 4) is 0 Å². The molecule has 1 rings (SSSR count). The van der Waals surface area contributed by atoms with E-state index in [2.05, 4.69) is 4.79 Å². The molecule has 0 bridgehead atoms.